The van der Waals surface area contributed by atoms with Gasteiger partial charge in [0.25, 0.3) is 5.56 Å². The van der Waals surface area contributed by atoms with Gasteiger partial charge in [0, 0.05) is 12.6 Å². The largest absolute Gasteiger partial charge is 0.431 e. The topological polar surface area (TPSA) is 42.2 Å². The summed E-state index contributed by atoms with van der Waals surface area (Å²) in [7, 11) is 0. The van der Waals surface area contributed by atoms with Gasteiger partial charge in [-0.3, -0.25) is 4.79 Å². The van der Waals surface area contributed by atoms with E-state index in [1.54, 1.807) is 6.92 Å². The highest BCUT2D eigenvalue weighted by atomic mass is 19.4. The molecule has 0 saturated heterocycles. The van der Waals surface area contributed by atoms with Crippen molar-refractivity contribution in [3.63, 3.8) is 0 Å². The lowest BCUT2D eigenvalue weighted by Gasteiger charge is -2.15. The number of hydrogen-bond donors (Lipinski definition) is 1. The molecule has 0 aliphatic heterocycles. The van der Waals surface area contributed by atoms with E-state index in [0.29, 0.717) is 23.8 Å². The highest BCUT2D eigenvalue weighted by Crippen LogP contribution is 2.28. The van der Waals surface area contributed by atoms with Gasteiger partial charge in [-0.15, -0.1) is 0 Å². The lowest BCUT2D eigenvalue weighted by atomic mass is 10.1. The van der Waals surface area contributed by atoms with Crippen LogP contribution in [-0.4, -0.2) is 15.8 Å². The predicted octanol–water partition coefficient (Wildman–Crippen LogP) is 2.42. The van der Waals surface area contributed by atoms with Crippen LogP contribution in [-0.2, 0) is 12.7 Å². The third-order valence-electron chi connectivity index (χ3n) is 2.73. The average molecular weight is 263 g/mol. The van der Waals surface area contributed by atoms with Gasteiger partial charge in [-0.1, -0.05) is 13.0 Å². The number of nitrogens with zero attached hydrogens (tertiary/aromatic N) is 1. The van der Waals surface area contributed by atoms with Crippen molar-refractivity contribution < 1.29 is 18.3 Å². The van der Waals surface area contributed by atoms with Gasteiger partial charge in [-0.2, -0.15) is 13.2 Å². The van der Waals surface area contributed by atoms with Crippen LogP contribution >= 0.6 is 0 Å². The summed E-state index contributed by atoms with van der Waals surface area (Å²) in [6.45, 7) is 1.76. The number of aliphatic hydroxyl groups excluding tert-OH is 1. The molecule has 1 rings (SSSR count). The van der Waals surface area contributed by atoms with Crippen LogP contribution in [0.5, 0.6) is 0 Å². The predicted molar refractivity (Wildman–Crippen MR) is 61.2 cm³/mol. The van der Waals surface area contributed by atoms with E-state index < -0.39 is 23.5 Å². The van der Waals surface area contributed by atoms with Crippen LogP contribution in [0.4, 0.5) is 13.2 Å². The second-order valence-electron chi connectivity index (χ2n) is 4.10. The summed E-state index contributed by atoms with van der Waals surface area (Å²) in [4.78, 5) is 11.4. The minimum absolute atomic E-state index is 0.0361. The Hall–Kier alpha value is -1.30. The molecule has 1 aromatic rings. The van der Waals surface area contributed by atoms with Crippen molar-refractivity contribution in [1.29, 1.82) is 0 Å². The summed E-state index contributed by atoms with van der Waals surface area (Å²) in [6, 6.07) is 3.09. The molecule has 0 amide bonds. The molecule has 0 spiro atoms. The van der Waals surface area contributed by atoms with E-state index in [-0.39, 0.29) is 6.54 Å². The van der Waals surface area contributed by atoms with E-state index in [1.807, 2.05) is 0 Å². The number of aliphatic hydroxyl groups is 1. The molecule has 0 aromatic carbocycles. The van der Waals surface area contributed by atoms with Gasteiger partial charge in [0.05, 0.1) is 6.10 Å². The van der Waals surface area contributed by atoms with Gasteiger partial charge in [-0.25, -0.2) is 0 Å². The molecule has 1 heterocycles. The van der Waals surface area contributed by atoms with E-state index in [1.165, 1.54) is 0 Å². The quantitative estimate of drug-likeness (QED) is 0.886. The number of aromatic nitrogens is 1. The van der Waals surface area contributed by atoms with E-state index in [0.717, 1.165) is 18.2 Å². The molecule has 0 aliphatic rings. The fourth-order valence-corrected chi connectivity index (χ4v) is 1.69. The Kier molecular flexibility index (Phi) is 4.95. The second kappa shape index (κ2) is 6.04. The SMILES string of the molecule is CCC(O)CCCn1c(C(F)(F)F)cccc1=O. The number of rotatable bonds is 5. The van der Waals surface area contributed by atoms with Gasteiger partial charge in [0.15, 0.2) is 0 Å². The monoisotopic (exact) mass is 263 g/mol. The first-order valence-electron chi connectivity index (χ1n) is 5.81. The maximum absolute atomic E-state index is 12.7. The van der Waals surface area contributed by atoms with Crippen molar-refractivity contribution in [3.05, 3.63) is 34.2 Å². The van der Waals surface area contributed by atoms with Crippen LogP contribution in [0.25, 0.3) is 0 Å². The zero-order valence-corrected chi connectivity index (χ0v) is 10.1. The van der Waals surface area contributed by atoms with Crippen molar-refractivity contribution in [2.24, 2.45) is 0 Å². The molecule has 0 saturated carbocycles. The van der Waals surface area contributed by atoms with E-state index in [4.69, 9.17) is 0 Å². The molecule has 1 atom stereocenters. The average Bonchev–Trinajstić information content (AvgIpc) is 2.29. The first-order valence-corrected chi connectivity index (χ1v) is 5.81. The van der Waals surface area contributed by atoms with Gasteiger partial charge in [0.2, 0.25) is 0 Å². The van der Waals surface area contributed by atoms with E-state index >= 15 is 0 Å². The molecule has 1 N–H and O–H groups in total. The number of hydrogen-bond acceptors (Lipinski definition) is 2. The van der Waals surface area contributed by atoms with E-state index in [2.05, 4.69) is 0 Å². The third kappa shape index (κ3) is 3.87. The van der Waals surface area contributed by atoms with Crippen molar-refractivity contribution in [1.82, 2.24) is 4.57 Å². The summed E-state index contributed by atoms with van der Waals surface area (Å²) < 4.78 is 38.7. The summed E-state index contributed by atoms with van der Waals surface area (Å²) in [5, 5.41) is 9.32. The fraction of sp³-hybridized carbons (Fsp3) is 0.583. The Bertz CT molecular complexity index is 440. The second-order valence-corrected chi connectivity index (χ2v) is 4.10. The molecule has 1 unspecified atom stereocenters. The summed E-state index contributed by atoms with van der Waals surface area (Å²) in [5.41, 5.74) is -1.61. The van der Waals surface area contributed by atoms with Crippen LogP contribution < -0.4 is 5.56 Å². The molecule has 6 heteroatoms. The molecule has 102 valence electrons. The van der Waals surface area contributed by atoms with Gasteiger partial charge >= 0.3 is 6.18 Å². The molecular formula is C12H16F3NO2. The Morgan fingerprint density at radius 1 is 1.39 bits per heavy atom. The molecule has 3 nitrogen and oxygen atoms in total. The van der Waals surface area contributed by atoms with E-state index in [9.17, 15) is 23.1 Å². The Morgan fingerprint density at radius 3 is 2.61 bits per heavy atom. The van der Waals surface area contributed by atoms with Crippen LogP contribution in [0.2, 0.25) is 0 Å². The fourth-order valence-electron chi connectivity index (χ4n) is 1.69. The Labute approximate surface area is 103 Å². The van der Waals surface area contributed by atoms with Crippen molar-refractivity contribution in [2.45, 2.75) is 45.0 Å². The Morgan fingerprint density at radius 2 is 2.06 bits per heavy atom. The highest BCUT2D eigenvalue weighted by Gasteiger charge is 2.33. The minimum Gasteiger partial charge on any atom is -0.393 e. The minimum atomic E-state index is -4.54. The standard InChI is InChI=1S/C12H16F3NO2/c1-2-9(17)5-4-8-16-10(12(13,14)15)6-3-7-11(16)18/h3,6-7,9,17H,2,4-5,8H2,1H3. The maximum atomic E-state index is 12.7. The summed E-state index contributed by atoms with van der Waals surface area (Å²) >= 11 is 0. The lowest BCUT2D eigenvalue weighted by molar-refractivity contribution is -0.144. The summed E-state index contributed by atoms with van der Waals surface area (Å²) in [6.07, 6.45) is -3.80. The smallest absolute Gasteiger partial charge is 0.393 e. The number of pyridine rings is 1. The molecule has 0 fully saturated rings. The van der Waals surface area contributed by atoms with Crippen molar-refractivity contribution in [2.75, 3.05) is 0 Å². The molecule has 18 heavy (non-hydrogen) atoms. The molecule has 0 bridgehead atoms. The molecule has 0 radical (unpaired) electrons. The highest BCUT2D eigenvalue weighted by molar-refractivity contribution is 5.10. The first kappa shape index (κ1) is 14.8. The van der Waals surface area contributed by atoms with Crippen LogP contribution in [0, 0.1) is 0 Å². The Balaban J connectivity index is 2.84. The molecule has 1 aromatic heterocycles. The van der Waals surface area contributed by atoms with Crippen molar-refractivity contribution >= 4 is 0 Å². The van der Waals surface area contributed by atoms with Crippen molar-refractivity contribution in [3.8, 4) is 0 Å². The normalized spacial score (nSPS) is 13.6. The molecule has 0 aliphatic carbocycles. The van der Waals surface area contributed by atoms with Gasteiger partial charge < -0.3 is 9.67 Å². The van der Waals surface area contributed by atoms with Crippen LogP contribution in [0.3, 0.4) is 0 Å². The van der Waals surface area contributed by atoms with Crippen LogP contribution in [0.1, 0.15) is 31.9 Å². The summed E-state index contributed by atoms with van der Waals surface area (Å²) in [5.74, 6) is 0. The lowest BCUT2D eigenvalue weighted by Crippen LogP contribution is -2.27. The number of alkyl halides is 3. The van der Waals surface area contributed by atoms with Crippen LogP contribution in [0.15, 0.2) is 23.0 Å². The third-order valence-corrected chi connectivity index (χ3v) is 2.73. The maximum Gasteiger partial charge on any atom is 0.431 e. The zero-order valence-electron chi connectivity index (χ0n) is 10.1. The van der Waals surface area contributed by atoms with Gasteiger partial charge in [-0.05, 0) is 25.3 Å². The van der Waals surface area contributed by atoms with Gasteiger partial charge in [0.1, 0.15) is 5.69 Å². The zero-order chi connectivity index (χ0) is 13.8. The molecular weight excluding hydrogens is 247 g/mol. The first-order chi connectivity index (χ1) is 8.36. The number of halogens is 3.